The molecule has 1 heterocycles. The molecule has 0 amide bonds. The van der Waals surface area contributed by atoms with Crippen molar-refractivity contribution in [2.45, 2.75) is 91.1 Å². The lowest BCUT2D eigenvalue weighted by Crippen LogP contribution is -2.51. The molecule has 4 nitrogen and oxygen atoms in total. The van der Waals surface area contributed by atoms with E-state index in [2.05, 4.69) is 26.0 Å². The molecule has 4 aliphatic carbocycles. The smallest absolute Gasteiger partial charge is 0.302 e. The first-order chi connectivity index (χ1) is 14.6. The summed E-state index contributed by atoms with van der Waals surface area (Å²) < 4.78 is 5.57. The highest BCUT2D eigenvalue weighted by molar-refractivity contribution is 5.95. The summed E-state index contributed by atoms with van der Waals surface area (Å²) >= 11 is 0. The van der Waals surface area contributed by atoms with Crippen molar-refractivity contribution in [1.29, 1.82) is 0 Å². The van der Waals surface area contributed by atoms with Gasteiger partial charge in [0, 0.05) is 30.0 Å². The lowest BCUT2D eigenvalue weighted by molar-refractivity contribution is -0.148. The van der Waals surface area contributed by atoms with Crippen LogP contribution in [0.1, 0.15) is 93.5 Å². The summed E-state index contributed by atoms with van der Waals surface area (Å²) in [5, 5.41) is 0. The second-order valence-electron chi connectivity index (χ2n) is 11.1. The number of carbonyl (C=O) groups excluding carboxylic acids is 2. The second-order valence-corrected chi connectivity index (χ2v) is 11.1. The standard InChI is InChI=1S/C27H35NO3/c1-15-22(16(2)29)12-18-13-24-21-7-6-19-14-20(31-17(3)30)8-10-26(19,4)23(21)9-11-27(24,5)25(18)28-15/h6,12,20-21,23-24H,7-11,13-14H2,1-5H3. The molecule has 0 aromatic carbocycles. The Morgan fingerprint density at radius 2 is 1.81 bits per heavy atom. The Bertz CT molecular complexity index is 994. The van der Waals surface area contributed by atoms with Gasteiger partial charge in [-0.2, -0.15) is 0 Å². The Hall–Kier alpha value is -1.97. The highest BCUT2D eigenvalue weighted by Crippen LogP contribution is 2.64. The van der Waals surface area contributed by atoms with Crippen molar-refractivity contribution in [3.63, 3.8) is 0 Å². The van der Waals surface area contributed by atoms with E-state index in [-0.39, 0.29) is 28.7 Å². The molecule has 2 fully saturated rings. The maximum absolute atomic E-state index is 12.1. The number of aromatic nitrogens is 1. The zero-order chi connectivity index (χ0) is 22.1. The SMILES string of the molecule is CC(=O)OC1CCC2(C)C(=CCC3C2CCC2(C)c4nc(C)c(C(C)=O)cc4CC32)C1. The Kier molecular flexibility index (Phi) is 4.73. The van der Waals surface area contributed by atoms with Gasteiger partial charge in [-0.15, -0.1) is 0 Å². The van der Waals surface area contributed by atoms with E-state index >= 15 is 0 Å². The number of fused-ring (bicyclic) bond motifs is 7. The molecule has 4 heteroatoms. The van der Waals surface area contributed by atoms with Crippen LogP contribution >= 0.6 is 0 Å². The van der Waals surface area contributed by atoms with E-state index in [0.717, 1.165) is 43.4 Å². The number of rotatable bonds is 2. The average Bonchev–Trinajstić information content (AvgIpc) is 2.99. The molecule has 0 spiro atoms. The summed E-state index contributed by atoms with van der Waals surface area (Å²) in [7, 11) is 0. The Balaban J connectivity index is 1.46. The van der Waals surface area contributed by atoms with Crippen LogP contribution in [0.2, 0.25) is 0 Å². The first-order valence-electron chi connectivity index (χ1n) is 12.0. The molecule has 0 saturated heterocycles. The van der Waals surface area contributed by atoms with E-state index in [9.17, 15) is 9.59 Å². The number of hydrogen-bond acceptors (Lipinski definition) is 4. The minimum atomic E-state index is -0.159. The van der Waals surface area contributed by atoms with Crippen LogP contribution in [0.25, 0.3) is 0 Å². The van der Waals surface area contributed by atoms with E-state index in [0.29, 0.717) is 17.8 Å². The van der Waals surface area contributed by atoms with Gasteiger partial charge in [0.15, 0.2) is 5.78 Å². The summed E-state index contributed by atoms with van der Waals surface area (Å²) in [6.07, 6.45) is 10.1. The molecular weight excluding hydrogens is 386 g/mol. The normalized spacial score (nSPS) is 38.3. The molecule has 0 bridgehead atoms. The summed E-state index contributed by atoms with van der Waals surface area (Å²) in [5.74, 6) is 1.90. The van der Waals surface area contributed by atoms with Gasteiger partial charge in [0.1, 0.15) is 6.10 Å². The lowest BCUT2D eigenvalue weighted by Gasteiger charge is -2.57. The summed E-state index contributed by atoms with van der Waals surface area (Å²) in [4.78, 5) is 28.6. The molecule has 166 valence electrons. The molecule has 0 aliphatic heterocycles. The molecule has 6 unspecified atom stereocenters. The maximum atomic E-state index is 12.1. The number of ether oxygens (including phenoxy) is 1. The van der Waals surface area contributed by atoms with E-state index in [1.807, 2.05) is 6.92 Å². The van der Waals surface area contributed by atoms with Crippen LogP contribution in [0.4, 0.5) is 0 Å². The molecule has 0 N–H and O–H groups in total. The summed E-state index contributed by atoms with van der Waals surface area (Å²) in [6.45, 7) is 10.1. The van der Waals surface area contributed by atoms with Crippen molar-refractivity contribution in [1.82, 2.24) is 4.98 Å². The molecule has 5 rings (SSSR count). The Labute approximate surface area is 185 Å². The zero-order valence-corrected chi connectivity index (χ0v) is 19.6. The van der Waals surface area contributed by atoms with Crippen LogP contribution in [-0.4, -0.2) is 22.8 Å². The Morgan fingerprint density at radius 1 is 1.06 bits per heavy atom. The molecule has 31 heavy (non-hydrogen) atoms. The quantitative estimate of drug-likeness (QED) is 0.359. The predicted molar refractivity (Wildman–Crippen MR) is 120 cm³/mol. The van der Waals surface area contributed by atoms with Crippen LogP contribution in [-0.2, 0) is 21.4 Å². The van der Waals surface area contributed by atoms with Gasteiger partial charge < -0.3 is 4.74 Å². The van der Waals surface area contributed by atoms with Gasteiger partial charge in [0.05, 0.1) is 5.69 Å². The monoisotopic (exact) mass is 421 g/mol. The molecular formula is C27H35NO3. The van der Waals surface area contributed by atoms with E-state index in [1.54, 1.807) is 6.92 Å². The first kappa shape index (κ1) is 20.9. The number of carbonyl (C=O) groups is 2. The maximum Gasteiger partial charge on any atom is 0.302 e. The fourth-order valence-corrected chi connectivity index (χ4v) is 7.84. The van der Waals surface area contributed by atoms with Gasteiger partial charge in [-0.3, -0.25) is 14.6 Å². The van der Waals surface area contributed by atoms with Crippen molar-refractivity contribution in [3.8, 4) is 0 Å². The number of aryl methyl sites for hydroxylation is 1. The van der Waals surface area contributed by atoms with E-state index in [4.69, 9.17) is 9.72 Å². The van der Waals surface area contributed by atoms with Crippen LogP contribution in [0.15, 0.2) is 17.7 Å². The van der Waals surface area contributed by atoms with Gasteiger partial charge >= 0.3 is 5.97 Å². The third kappa shape index (κ3) is 3.04. The van der Waals surface area contributed by atoms with Crippen LogP contribution in [0.5, 0.6) is 0 Å². The number of Topliss-reactive ketones (excluding diaryl/α,β-unsaturated/α-hetero) is 1. The molecule has 6 atom stereocenters. The van der Waals surface area contributed by atoms with E-state index in [1.165, 1.54) is 36.6 Å². The average molecular weight is 422 g/mol. The fraction of sp³-hybridized carbons (Fsp3) is 0.667. The van der Waals surface area contributed by atoms with Crippen molar-refractivity contribution < 1.29 is 14.3 Å². The van der Waals surface area contributed by atoms with Crippen molar-refractivity contribution in [3.05, 3.63) is 40.2 Å². The number of nitrogens with zero attached hydrogens (tertiary/aromatic N) is 1. The zero-order valence-electron chi connectivity index (χ0n) is 19.6. The van der Waals surface area contributed by atoms with Crippen molar-refractivity contribution >= 4 is 11.8 Å². The van der Waals surface area contributed by atoms with Gasteiger partial charge in [-0.1, -0.05) is 25.5 Å². The summed E-state index contributed by atoms with van der Waals surface area (Å²) in [5.41, 5.74) is 6.12. The Morgan fingerprint density at radius 3 is 2.52 bits per heavy atom. The third-order valence-corrected chi connectivity index (χ3v) is 9.43. The van der Waals surface area contributed by atoms with Gasteiger partial charge in [-0.25, -0.2) is 0 Å². The molecule has 4 aliphatic rings. The van der Waals surface area contributed by atoms with Crippen LogP contribution in [0.3, 0.4) is 0 Å². The molecule has 2 saturated carbocycles. The van der Waals surface area contributed by atoms with Gasteiger partial charge in [0.2, 0.25) is 0 Å². The number of allylic oxidation sites excluding steroid dienone is 1. The number of ketones is 1. The molecule has 0 radical (unpaired) electrons. The molecule has 1 aromatic heterocycles. The third-order valence-electron chi connectivity index (χ3n) is 9.43. The number of pyridine rings is 1. The first-order valence-corrected chi connectivity index (χ1v) is 12.0. The summed E-state index contributed by atoms with van der Waals surface area (Å²) in [6, 6.07) is 2.15. The fourth-order valence-electron chi connectivity index (χ4n) is 7.84. The van der Waals surface area contributed by atoms with Crippen LogP contribution in [0, 0.1) is 30.1 Å². The van der Waals surface area contributed by atoms with E-state index < -0.39 is 0 Å². The topological polar surface area (TPSA) is 56.3 Å². The minimum absolute atomic E-state index is 0.0511. The number of hydrogen-bond donors (Lipinski definition) is 0. The lowest BCUT2D eigenvalue weighted by atomic mass is 9.48. The molecule has 1 aromatic rings. The van der Waals surface area contributed by atoms with Crippen LogP contribution < -0.4 is 0 Å². The highest BCUT2D eigenvalue weighted by Gasteiger charge is 2.58. The minimum Gasteiger partial charge on any atom is -0.462 e. The highest BCUT2D eigenvalue weighted by atomic mass is 16.5. The largest absolute Gasteiger partial charge is 0.462 e. The second kappa shape index (κ2) is 7.02. The van der Waals surface area contributed by atoms with Crippen molar-refractivity contribution in [2.75, 3.05) is 0 Å². The number of esters is 1. The van der Waals surface area contributed by atoms with Crippen molar-refractivity contribution in [2.24, 2.45) is 23.2 Å². The van der Waals surface area contributed by atoms with Gasteiger partial charge in [-0.05, 0) is 87.2 Å². The predicted octanol–water partition coefficient (Wildman–Crippen LogP) is 5.50. The van der Waals surface area contributed by atoms with Gasteiger partial charge in [0.25, 0.3) is 0 Å².